The van der Waals surface area contributed by atoms with Crippen molar-refractivity contribution in [2.75, 3.05) is 9.80 Å². The number of para-hydroxylation sites is 6. The molecule has 0 amide bonds. The highest BCUT2D eigenvalue weighted by Gasteiger charge is 2.52. The van der Waals surface area contributed by atoms with Gasteiger partial charge in [-0.25, -0.2) is 0 Å². The van der Waals surface area contributed by atoms with Crippen molar-refractivity contribution in [3.05, 3.63) is 276 Å². The van der Waals surface area contributed by atoms with E-state index in [-0.39, 0.29) is 0 Å². The molecular weight excluding hydrogens is 913 g/mol. The summed E-state index contributed by atoms with van der Waals surface area (Å²) in [6.07, 6.45) is 0. The normalized spacial score (nSPS) is 13.0. The fraction of sp³-hybridized carbons (Fsp3) is 0.0423. The van der Waals surface area contributed by atoms with Gasteiger partial charge in [-0.2, -0.15) is 0 Å². The van der Waals surface area contributed by atoms with Gasteiger partial charge in [0.05, 0.1) is 22.5 Å². The van der Waals surface area contributed by atoms with Gasteiger partial charge < -0.3 is 18.6 Å². The summed E-state index contributed by atoms with van der Waals surface area (Å²) < 4.78 is 13.9. The van der Waals surface area contributed by atoms with Crippen LogP contribution in [0.25, 0.3) is 87.7 Å². The number of anilines is 6. The van der Waals surface area contributed by atoms with Gasteiger partial charge in [0.25, 0.3) is 0 Å². The Balaban J connectivity index is 0.984. The second-order valence-corrected chi connectivity index (χ2v) is 20.4. The maximum atomic E-state index is 7.00. The SMILES string of the molecule is Cc1cccc2c1oc1c(N(c3ccccc3)c3ccc4cc5c(cc4c3)C3(c4ccccc4-c4ccccc43)c3cc(N(c4ccccc4)c4cccc6c4oc4c(C)cccc46)c4ccccc4c3-5)cccc12. The van der Waals surface area contributed by atoms with Crippen molar-refractivity contribution in [2.45, 2.75) is 19.3 Å². The largest absolute Gasteiger partial charge is 0.454 e. The van der Waals surface area contributed by atoms with Crippen molar-refractivity contribution in [1.29, 1.82) is 0 Å². The Hall–Kier alpha value is -9.64. The van der Waals surface area contributed by atoms with Crippen molar-refractivity contribution in [3.8, 4) is 22.3 Å². The third kappa shape index (κ3) is 5.77. The lowest BCUT2D eigenvalue weighted by Gasteiger charge is -2.33. The molecule has 0 saturated heterocycles. The molecule has 2 heterocycles. The van der Waals surface area contributed by atoms with Crippen LogP contribution in [0.1, 0.15) is 33.4 Å². The van der Waals surface area contributed by atoms with E-state index in [9.17, 15) is 0 Å². The third-order valence-electron chi connectivity index (χ3n) is 16.4. The number of furan rings is 2. The van der Waals surface area contributed by atoms with Gasteiger partial charge in [0.1, 0.15) is 11.2 Å². The van der Waals surface area contributed by atoms with E-state index < -0.39 is 5.41 Å². The molecule has 0 radical (unpaired) electrons. The Kier molecular flexibility index (Phi) is 8.77. The number of benzene rings is 12. The molecule has 2 aromatic heterocycles. The lowest BCUT2D eigenvalue weighted by atomic mass is 9.70. The van der Waals surface area contributed by atoms with Crippen LogP contribution in [0.5, 0.6) is 0 Å². The minimum atomic E-state index is -0.650. The van der Waals surface area contributed by atoms with Crippen molar-refractivity contribution >= 4 is 99.5 Å². The first-order chi connectivity index (χ1) is 37.0. The molecule has 4 nitrogen and oxygen atoms in total. The number of aryl methyl sites for hydroxylation is 2. The molecule has 4 heteroatoms. The van der Waals surface area contributed by atoms with Gasteiger partial charge in [0.15, 0.2) is 11.2 Å². The van der Waals surface area contributed by atoms with Gasteiger partial charge in [-0.15, -0.1) is 0 Å². The molecule has 0 bridgehead atoms. The maximum absolute atomic E-state index is 7.00. The number of hydrogen-bond donors (Lipinski definition) is 0. The lowest BCUT2D eigenvalue weighted by molar-refractivity contribution is 0.665. The number of fused-ring (bicyclic) bond motifs is 19. The lowest BCUT2D eigenvalue weighted by Crippen LogP contribution is -2.26. The zero-order valence-electron chi connectivity index (χ0n) is 41.3. The molecule has 16 rings (SSSR count). The average Bonchev–Trinajstić information content (AvgIpc) is 4.40. The molecule has 1 spiro atoms. The Morgan fingerprint density at radius 1 is 0.293 bits per heavy atom. The predicted octanol–water partition coefficient (Wildman–Crippen LogP) is 19.7. The van der Waals surface area contributed by atoms with Crippen LogP contribution in [0.3, 0.4) is 0 Å². The first kappa shape index (κ1) is 41.9. The minimum absolute atomic E-state index is 0.650. The average molecular weight is 959 g/mol. The fourth-order valence-corrected chi connectivity index (χ4v) is 13.3. The second-order valence-electron chi connectivity index (χ2n) is 20.4. The molecule has 0 N–H and O–H groups in total. The zero-order chi connectivity index (χ0) is 49.5. The quantitative estimate of drug-likeness (QED) is 0.166. The summed E-state index contributed by atoms with van der Waals surface area (Å²) in [4.78, 5) is 4.80. The molecule has 0 unspecified atom stereocenters. The van der Waals surface area contributed by atoms with Gasteiger partial charge in [-0.05, 0) is 152 Å². The van der Waals surface area contributed by atoms with E-state index in [1.807, 2.05) is 0 Å². The molecule has 0 fully saturated rings. The van der Waals surface area contributed by atoms with Gasteiger partial charge in [0.2, 0.25) is 0 Å². The van der Waals surface area contributed by atoms with Crippen LogP contribution in [0.15, 0.2) is 251 Å². The zero-order valence-corrected chi connectivity index (χ0v) is 41.3. The standard InChI is InChI=1S/C71H46N2O2/c1-43-19-15-29-54-56-31-17-35-63(69(56)74-67(43)54)72(47-21-5-3-6-22-47)49-38-37-45-40-58-61(41-46(45)39-49)71(59-33-13-11-25-50(59)51-26-12-14-34-60(51)71)62-42-65(52-27-9-10-28-53(52)66(58)62)73(48-23-7-4-8-24-48)64-36-18-32-57-55-30-16-20-44(2)68(55)75-70(57)64/h3-42H,1-2H3. The van der Waals surface area contributed by atoms with E-state index in [1.165, 1.54) is 55.3 Å². The molecule has 0 atom stereocenters. The van der Waals surface area contributed by atoms with Crippen molar-refractivity contribution in [2.24, 2.45) is 0 Å². The van der Waals surface area contributed by atoms with Crippen LogP contribution in [0.2, 0.25) is 0 Å². The fourth-order valence-electron chi connectivity index (χ4n) is 13.3. The molecule has 75 heavy (non-hydrogen) atoms. The highest BCUT2D eigenvalue weighted by atomic mass is 16.3. The number of hydrogen-bond acceptors (Lipinski definition) is 4. The molecule has 0 aliphatic heterocycles. The van der Waals surface area contributed by atoms with Crippen molar-refractivity contribution < 1.29 is 8.83 Å². The summed E-state index contributed by atoms with van der Waals surface area (Å²) in [6.45, 7) is 4.26. The third-order valence-corrected chi connectivity index (χ3v) is 16.4. The van der Waals surface area contributed by atoms with E-state index in [0.717, 1.165) is 99.9 Å². The topological polar surface area (TPSA) is 32.8 Å². The van der Waals surface area contributed by atoms with Gasteiger partial charge >= 0.3 is 0 Å². The van der Waals surface area contributed by atoms with Crippen LogP contribution in [-0.4, -0.2) is 0 Å². The summed E-state index contributed by atoms with van der Waals surface area (Å²) in [5.41, 5.74) is 21.6. The molecule has 14 aromatic rings. The van der Waals surface area contributed by atoms with Crippen LogP contribution in [0, 0.1) is 13.8 Å². The molecular formula is C71H46N2O2. The van der Waals surface area contributed by atoms with Crippen LogP contribution < -0.4 is 9.80 Å². The predicted molar refractivity (Wildman–Crippen MR) is 311 cm³/mol. The summed E-state index contributed by atoms with van der Waals surface area (Å²) in [5.74, 6) is 0. The van der Waals surface area contributed by atoms with E-state index >= 15 is 0 Å². The molecule has 2 aliphatic carbocycles. The molecule has 0 saturated carbocycles. The monoisotopic (exact) mass is 958 g/mol. The van der Waals surface area contributed by atoms with Gasteiger partial charge in [0, 0.05) is 44.0 Å². The molecule has 12 aromatic carbocycles. The Bertz CT molecular complexity index is 4650. The minimum Gasteiger partial charge on any atom is -0.454 e. The maximum Gasteiger partial charge on any atom is 0.159 e. The second kappa shape index (κ2) is 15.7. The van der Waals surface area contributed by atoms with Gasteiger partial charge in [-0.1, -0.05) is 176 Å². The highest BCUT2D eigenvalue weighted by Crippen LogP contribution is 2.65. The summed E-state index contributed by atoms with van der Waals surface area (Å²) in [5, 5.41) is 9.16. The number of rotatable bonds is 6. The highest BCUT2D eigenvalue weighted by molar-refractivity contribution is 6.17. The molecule has 2 aliphatic rings. The number of nitrogens with zero attached hydrogens (tertiary/aromatic N) is 2. The van der Waals surface area contributed by atoms with Crippen LogP contribution in [-0.2, 0) is 5.41 Å². The first-order valence-corrected chi connectivity index (χ1v) is 25.9. The van der Waals surface area contributed by atoms with E-state index in [1.54, 1.807) is 0 Å². The Morgan fingerprint density at radius 3 is 1.40 bits per heavy atom. The van der Waals surface area contributed by atoms with E-state index in [2.05, 4.69) is 266 Å². The Morgan fingerprint density at radius 2 is 0.787 bits per heavy atom. The van der Waals surface area contributed by atoms with Crippen LogP contribution in [0.4, 0.5) is 34.1 Å². The summed E-state index contributed by atoms with van der Waals surface area (Å²) in [6, 6.07) is 89.2. The van der Waals surface area contributed by atoms with E-state index in [4.69, 9.17) is 8.83 Å². The van der Waals surface area contributed by atoms with E-state index in [0.29, 0.717) is 0 Å². The van der Waals surface area contributed by atoms with Gasteiger partial charge in [-0.3, -0.25) is 0 Å². The summed E-state index contributed by atoms with van der Waals surface area (Å²) in [7, 11) is 0. The Labute approximate surface area is 433 Å². The molecule has 352 valence electrons. The first-order valence-electron chi connectivity index (χ1n) is 25.9. The smallest absolute Gasteiger partial charge is 0.159 e. The van der Waals surface area contributed by atoms with Crippen molar-refractivity contribution in [3.63, 3.8) is 0 Å². The van der Waals surface area contributed by atoms with Crippen LogP contribution >= 0.6 is 0 Å². The van der Waals surface area contributed by atoms with Crippen molar-refractivity contribution in [1.82, 2.24) is 0 Å². The summed E-state index contributed by atoms with van der Waals surface area (Å²) >= 11 is 0.